The molecule has 3 heterocycles. The van der Waals surface area contributed by atoms with Gasteiger partial charge in [-0.25, -0.2) is 9.78 Å². The molecule has 4 rings (SSSR count). The number of piperidine rings is 1. The van der Waals surface area contributed by atoms with Gasteiger partial charge < -0.3 is 10.0 Å². The topological polar surface area (TPSA) is 65.8 Å². The molecule has 1 spiro atoms. The quantitative estimate of drug-likeness (QED) is 0.810. The van der Waals surface area contributed by atoms with E-state index in [2.05, 4.69) is 9.98 Å². The molecule has 1 N–H and O–H groups in total. The maximum atomic E-state index is 11.1. The maximum absolute atomic E-state index is 11.1. The summed E-state index contributed by atoms with van der Waals surface area (Å²) in [4.78, 5) is 21.5. The molecule has 0 unspecified atom stereocenters. The summed E-state index contributed by atoms with van der Waals surface area (Å²) in [5.74, 6) is 0. The van der Waals surface area contributed by atoms with Crippen LogP contribution in [0.2, 0.25) is 0 Å². The number of benzene rings is 1. The van der Waals surface area contributed by atoms with Crippen molar-refractivity contribution in [2.45, 2.75) is 18.3 Å². The Labute approximate surface area is 119 Å². The van der Waals surface area contributed by atoms with Crippen LogP contribution in [0.3, 0.4) is 0 Å². The van der Waals surface area contributed by atoms with Crippen LogP contribution in [0.15, 0.2) is 22.6 Å². The van der Waals surface area contributed by atoms with E-state index in [-0.39, 0.29) is 5.41 Å². The average Bonchev–Trinajstić information content (AvgIpc) is 3.04. The van der Waals surface area contributed by atoms with Gasteiger partial charge in [0.15, 0.2) is 0 Å². The fourth-order valence-electron chi connectivity index (χ4n) is 3.24. The van der Waals surface area contributed by atoms with Crippen molar-refractivity contribution in [3.63, 3.8) is 0 Å². The van der Waals surface area contributed by atoms with E-state index >= 15 is 0 Å². The van der Waals surface area contributed by atoms with Gasteiger partial charge in [-0.05, 0) is 25.0 Å². The van der Waals surface area contributed by atoms with E-state index in [1.807, 2.05) is 23.9 Å². The normalized spacial score (nSPS) is 19.7. The number of hydrogen-bond acceptors (Lipinski definition) is 4. The van der Waals surface area contributed by atoms with E-state index in [1.54, 1.807) is 11.3 Å². The fourth-order valence-corrected chi connectivity index (χ4v) is 4.18. The minimum absolute atomic E-state index is 0.104. The standard InChI is InChI=1S/C14H13N3O2S/c18-13(19)17-5-3-14(4-6-17)7-15-9-1-2-10-12(11(9)14)20-8-16-10/h1-2,7-8H,3-6H2,(H,18,19). The number of likely N-dealkylation sites (tertiary alicyclic amines) is 1. The van der Waals surface area contributed by atoms with Gasteiger partial charge in [0.1, 0.15) is 0 Å². The second kappa shape index (κ2) is 4.02. The number of nitrogens with zero attached hydrogens (tertiary/aromatic N) is 3. The molecule has 20 heavy (non-hydrogen) atoms. The summed E-state index contributed by atoms with van der Waals surface area (Å²) < 4.78 is 1.20. The lowest BCUT2D eigenvalue weighted by Gasteiger charge is -2.37. The Bertz CT molecular complexity index is 729. The molecule has 0 radical (unpaired) electrons. The lowest BCUT2D eigenvalue weighted by atomic mass is 9.74. The minimum Gasteiger partial charge on any atom is -0.465 e. The van der Waals surface area contributed by atoms with E-state index in [0.29, 0.717) is 13.1 Å². The van der Waals surface area contributed by atoms with Crippen LogP contribution in [-0.2, 0) is 5.41 Å². The molecule has 1 saturated heterocycles. The Morgan fingerprint density at radius 3 is 2.90 bits per heavy atom. The lowest BCUT2D eigenvalue weighted by molar-refractivity contribution is 0.127. The van der Waals surface area contributed by atoms with E-state index in [1.165, 1.54) is 15.2 Å². The number of amides is 1. The van der Waals surface area contributed by atoms with Crippen LogP contribution in [0, 0.1) is 0 Å². The van der Waals surface area contributed by atoms with Crippen LogP contribution in [0.25, 0.3) is 10.2 Å². The highest BCUT2D eigenvalue weighted by Crippen LogP contribution is 2.47. The van der Waals surface area contributed by atoms with E-state index < -0.39 is 6.09 Å². The number of aliphatic imine (C=N–C) groups is 1. The van der Waals surface area contributed by atoms with Crippen molar-refractivity contribution >= 4 is 39.5 Å². The molecule has 2 aliphatic heterocycles. The van der Waals surface area contributed by atoms with Gasteiger partial charge in [-0.2, -0.15) is 0 Å². The number of hydrogen-bond donors (Lipinski definition) is 1. The third kappa shape index (κ3) is 1.51. The van der Waals surface area contributed by atoms with Gasteiger partial charge in [0, 0.05) is 30.3 Å². The number of carbonyl (C=O) groups is 1. The van der Waals surface area contributed by atoms with Crippen molar-refractivity contribution in [1.82, 2.24) is 9.88 Å². The van der Waals surface area contributed by atoms with E-state index in [0.717, 1.165) is 24.0 Å². The first-order valence-electron chi connectivity index (χ1n) is 6.59. The van der Waals surface area contributed by atoms with E-state index in [9.17, 15) is 4.79 Å². The molecular formula is C14H13N3O2S. The molecule has 6 heteroatoms. The van der Waals surface area contributed by atoms with E-state index in [4.69, 9.17) is 5.11 Å². The summed E-state index contributed by atoms with van der Waals surface area (Å²) in [5.41, 5.74) is 5.05. The van der Waals surface area contributed by atoms with Crippen LogP contribution in [0.4, 0.5) is 10.5 Å². The Morgan fingerprint density at radius 2 is 2.15 bits per heavy atom. The van der Waals surface area contributed by atoms with Gasteiger partial charge >= 0.3 is 6.09 Å². The molecule has 0 bridgehead atoms. The van der Waals surface area contributed by atoms with Gasteiger partial charge in [-0.15, -0.1) is 11.3 Å². The fraction of sp³-hybridized carbons (Fsp3) is 0.357. The molecule has 0 saturated carbocycles. The Morgan fingerprint density at radius 1 is 1.35 bits per heavy atom. The number of aromatic nitrogens is 1. The first-order valence-corrected chi connectivity index (χ1v) is 7.47. The Kier molecular flexibility index (Phi) is 2.38. The first-order chi connectivity index (χ1) is 9.70. The average molecular weight is 287 g/mol. The van der Waals surface area contributed by atoms with Crippen molar-refractivity contribution in [2.75, 3.05) is 13.1 Å². The minimum atomic E-state index is -0.828. The van der Waals surface area contributed by atoms with Crippen molar-refractivity contribution < 1.29 is 9.90 Å². The van der Waals surface area contributed by atoms with Gasteiger partial charge in [0.25, 0.3) is 0 Å². The monoisotopic (exact) mass is 287 g/mol. The Hall–Kier alpha value is -1.95. The Balaban J connectivity index is 1.79. The second-order valence-electron chi connectivity index (χ2n) is 5.34. The van der Waals surface area contributed by atoms with Gasteiger partial charge in [0.2, 0.25) is 0 Å². The van der Waals surface area contributed by atoms with Crippen molar-refractivity contribution in [1.29, 1.82) is 0 Å². The molecule has 1 fully saturated rings. The van der Waals surface area contributed by atoms with Crippen LogP contribution < -0.4 is 0 Å². The van der Waals surface area contributed by atoms with Gasteiger partial charge in [0.05, 0.1) is 21.4 Å². The third-order valence-corrected chi connectivity index (χ3v) is 5.21. The maximum Gasteiger partial charge on any atom is 0.407 e. The van der Waals surface area contributed by atoms with Crippen molar-refractivity contribution in [2.24, 2.45) is 4.99 Å². The summed E-state index contributed by atoms with van der Waals surface area (Å²) in [7, 11) is 0. The summed E-state index contributed by atoms with van der Waals surface area (Å²) in [6.07, 6.45) is 2.79. The third-order valence-electron chi connectivity index (χ3n) is 4.35. The van der Waals surface area contributed by atoms with Crippen LogP contribution >= 0.6 is 11.3 Å². The zero-order valence-corrected chi connectivity index (χ0v) is 11.6. The van der Waals surface area contributed by atoms with Crippen molar-refractivity contribution in [3.8, 4) is 0 Å². The molecule has 0 atom stereocenters. The summed E-state index contributed by atoms with van der Waals surface area (Å²) >= 11 is 1.65. The lowest BCUT2D eigenvalue weighted by Crippen LogP contribution is -2.44. The number of rotatable bonds is 0. The SMILES string of the molecule is O=C(O)N1CCC2(C=Nc3ccc4ncsc4c32)CC1. The molecular weight excluding hydrogens is 274 g/mol. The van der Waals surface area contributed by atoms with Gasteiger partial charge in [-0.3, -0.25) is 4.99 Å². The summed E-state index contributed by atoms with van der Waals surface area (Å²) in [5, 5.41) is 9.09. The highest BCUT2D eigenvalue weighted by atomic mass is 32.1. The predicted octanol–water partition coefficient (Wildman–Crippen LogP) is 3.02. The van der Waals surface area contributed by atoms with Crippen LogP contribution in [-0.4, -0.2) is 40.4 Å². The molecule has 1 aromatic carbocycles. The largest absolute Gasteiger partial charge is 0.465 e. The van der Waals surface area contributed by atoms with Gasteiger partial charge in [-0.1, -0.05) is 0 Å². The number of fused-ring (bicyclic) bond motifs is 4. The zero-order valence-electron chi connectivity index (χ0n) is 10.7. The molecule has 1 amide bonds. The predicted molar refractivity (Wildman–Crippen MR) is 78.3 cm³/mol. The summed E-state index contributed by atoms with van der Waals surface area (Å²) in [6, 6.07) is 4.03. The highest BCUT2D eigenvalue weighted by molar-refractivity contribution is 7.17. The molecule has 2 aromatic rings. The molecule has 102 valence electrons. The van der Waals surface area contributed by atoms with Crippen LogP contribution in [0.5, 0.6) is 0 Å². The molecule has 1 aromatic heterocycles. The van der Waals surface area contributed by atoms with Crippen molar-refractivity contribution in [3.05, 3.63) is 23.2 Å². The molecule has 0 aliphatic carbocycles. The summed E-state index contributed by atoms with van der Waals surface area (Å²) in [6.45, 7) is 1.13. The zero-order chi connectivity index (χ0) is 13.7. The second-order valence-corrected chi connectivity index (χ2v) is 6.20. The number of carboxylic acid groups (broad SMARTS) is 1. The highest BCUT2D eigenvalue weighted by Gasteiger charge is 2.41. The smallest absolute Gasteiger partial charge is 0.407 e. The first kappa shape index (κ1) is 11.8. The molecule has 2 aliphatic rings. The molecule has 5 nitrogen and oxygen atoms in total. The number of thiazole rings is 1. The van der Waals surface area contributed by atoms with Crippen LogP contribution in [0.1, 0.15) is 18.4 Å².